The molecule has 0 heterocycles. The molecule has 1 aromatic carbocycles. The van der Waals surface area contributed by atoms with Crippen molar-refractivity contribution in [1.82, 2.24) is 0 Å². The van der Waals surface area contributed by atoms with E-state index in [1.54, 1.807) is 19.2 Å². The third kappa shape index (κ3) is 6.67. The van der Waals surface area contributed by atoms with Gasteiger partial charge in [0.05, 0.1) is 13.2 Å². The van der Waals surface area contributed by atoms with Crippen LogP contribution in [0.15, 0.2) is 22.4 Å². The van der Waals surface area contributed by atoms with Crippen LogP contribution in [0.1, 0.15) is 37.7 Å². The molecule has 116 valence electrons. The van der Waals surface area contributed by atoms with Crippen LogP contribution in [0.3, 0.4) is 0 Å². The Bertz CT molecular complexity index is 467. The van der Waals surface area contributed by atoms with Crippen LogP contribution in [0.4, 0.5) is 5.69 Å². The van der Waals surface area contributed by atoms with Crippen molar-refractivity contribution in [2.75, 3.05) is 7.11 Å². The molecule has 1 fully saturated rings. The molecule has 4 nitrogen and oxygen atoms in total. The molecule has 2 rings (SSSR count). The summed E-state index contributed by atoms with van der Waals surface area (Å²) >= 11 is -0.826. The van der Waals surface area contributed by atoms with Gasteiger partial charge in [0, 0.05) is 6.07 Å². The Labute approximate surface area is 144 Å². The molecule has 1 N–H and O–H groups in total. The quantitative estimate of drug-likeness (QED) is 0.669. The van der Waals surface area contributed by atoms with Crippen molar-refractivity contribution in [2.45, 2.75) is 45.1 Å². The summed E-state index contributed by atoms with van der Waals surface area (Å²) in [7, 11) is 11.5. The zero-order chi connectivity index (χ0) is 15.7. The van der Waals surface area contributed by atoms with E-state index in [-0.39, 0.29) is 5.75 Å². The Morgan fingerprint density at radius 1 is 1.24 bits per heavy atom. The summed E-state index contributed by atoms with van der Waals surface area (Å²) in [5.41, 5.74) is 1.25. The summed E-state index contributed by atoms with van der Waals surface area (Å²) in [5.74, 6) is 0.887. The number of methoxy groups -OCH3 is 1. The van der Waals surface area contributed by atoms with Crippen molar-refractivity contribution < 1.29 is 30.7 Å². The van der Waals surface area contributed by atoms with Crippen LogP contribution in [0, 0.1) is 6.92 Å². The molecule has 0 aliphatic heterocycles. The molecule has 0 radical (unpaired) electrons. The number of aromatic hydroxyl groups is 1. The van der Waals surface area contributed by atoms with Gasteiger partial charge in [-0.05, 0) is 31.4 Å². The van der Waals surface area contributed by atoms with Crippen LogP contribution in [0.5, 0.6) is 11.5 Å². The van der Waals surface area contributed by atoms with Crippen LogP contribution >= 0.6 is 17.0 Å². The number of phenols is 1. The molecule has 21 heavy (non-hydrogen) atoms. The molecule has 0 unspecified atom stereocenters. The van der Waals surface area contributed by atoms with Crippen molar-refractivity contribution >= 4 is 22.7 Å². The van der Waals surface area contributed by atoms with Crippen molar-refractivity contribution in [3.63, 3.8) is 0 Å². The molecule has 0 bridgehead atoms. The first-order valence-electron chi connectivity index (χ1n) is 6.87. The van der Waals surface area contributed by atoms with E-state index in [2.05, 4.69) is 10.2 Å². The summed E-state index contributed by atoms with van der Waals surface area (Å²) < 4.78 is 5.17. The van der Waals surface area contributed by atoms with E-state index in [1.165, 1.54) is 19.3 Å². The molecular weight excluding hydrogens is 390 g/mol. The number of halogens is 2. The Kier molecular flexibility index (Phi) is 9.54. The number of rotatable bonds is 3. The summed E-state index contributed by atoms with van der Waals surface area (Å²) in [6, 6.07) is 3.81. The maximum atomic E-state index is 9.94. The number of hydrogen-bond donors (Lipinski definition) is 1. The van der Waals surface area contributed by atoms with Gasteiger partial charge in [0.15, 0.2) is 0 Å². The van der Waals surface area contributed by atoms with Gasteiger partial charge in [-0.3, -0.25) is 0 Å². The van der Waals surface area contributed by atoms with E-state index in [0.717, 1.165) is 18.4 Å². The van der Waals surface area contributed by atoms with Gasteiger partial charge in [0.1, 0.15) is 17.2 Å². The number of benzene rings is 1. The van der Waals surface area contributed by atoms with Gasteiger partial charge in [-0.1, -0.05) is 19.3 Å². The third-order valence-electron chi connectivity index (χ3n) is 3.39. The summed E-state index contributed by atoms with van der Waals surface area (Å²) in [6.07, 6.45) is 5.97. The van der Waals surface area contributed by atoms with E-state index >= 15 is 0 Å². The molecule has 0 atom stereocenters. The summed E-state index contributed by atoms with van der Waals surface area (Å²) in [5, 5.41) is 18.5. The topological polar surface area (TPSA) is 54.2 Å². The molecule has 0 spiro atoms. The molecule has 0 aromatic heterocycles. The molecule has 1 saturated carbocycles. The van der Waals surface area contributed by atoms with Gasteiger partial charge < -0.3 is 9.84 Å². The van der Waals surface area contributed by atoms with Gasteiger partial charge in [0.25, 0.3) is 0 Å². The van der Waals surface area contributed by atoms with Crippen molar-refractivity contribution in [1.29, 1.82) is 0 Å². The first kappa shape index (κ1) is 18.9. The second-order valence-corrected chi connectivity index (χ2v) is 8.62. The minimum absolute atomic E-state index is 0.190. The molecule has 7 heteroatoms. The van der Waals surface area contributed by atoms with E-state index < -0.39 is 20.8 Å². The standard InChI is InChI=1S/C14H20N2O2.2ClH.Zr/c1-10-8-12(18-2)9-13(14(10)17)16-15-11-6-4-3-5-7-11;;;/h8-9,11,17H,3-7H2,1-2H3;2*1H;/q;;;+2/p-2. The first-order chi connectivity index (χ1) is 10.1. The number of azo groups is 1. The molecule has 1 aliphatic carbocycles. The Morgan fingerprint density at radius 3 is 2.43 bits per heavy atom. The van der Waals surface area contributed by atoms with Crippen LogP contribution in [0.25, 0.3) is 0 Å². The van der Waals surface area contributed by atoms with Gasteiger partial charge in [-0.2, -0.15) is 10.2 Å². The monoisotopic (exact) mass is 408 g/mol. The Hall–Kier alpha value is -0.117. The van der Waals surface area contributed by atoms with Crippen LogP contribution in [0.2, 0.25) is 0 Å². The minimum atomic E-state index is -0.826. The number of ether oxygens (including phenoxy) is 1. The van der Waals surface area contributed by atoms with Crippen LogP contribution < -0.4 is 4.74 Å². The van der Waals surface area contributed by atoms with Gasteiger partial charge in [-0.15, -0.1) is 0 Å². The summed E-state index contributed by atoms with van der Waals surface area (Å²) in [6.45, 7) is 1.83. The van der Waals surface area contributed by atoms with Crippen molar-refractivity contribution in [2.24, 2.45) is 10.2 Å². The van der Waals surface area contributed by atoms with Crippen LogP contribution in [-0.2, 0) is 20.8 Å². The number of nitrogens with zero attached hydrogens (tertiary/aromatic N) is 2. The fraction of sp³-hybridized carbons (Fsp3) is 0.571. The SMILES string of the molecule is COc1cc(C)c(O)c(N=NC2CCCCC2)c1.[Cl][Zr][Cl]. The maximum absolute atomic E-state index is 9.94. The van der Waals surface area contributed by atoms with Gasteiger partial charge in [0.2, 0.25) is 0 Å². The van der Waals surface area contributed by atoms with Crippen LogP contribution in [-0.4, -0.2) is 18.3 Å². The van der Waals surface area contributed by atoms with Crippen molar-refractivity contribution in [3.8, 4) is 11.5 Å². The van der Waals surface area contributed by atoms with Gasteiger partial charge >= 0.3 is 37.9 Å². The summed E-state index contributed by atoms with van der Waals surface area (Å²) in [4.78, 5) is 0. The molecule has 0 amide bonds. The zero-order valence-electron chi connectivity index (χ0n) is 12.3. The molecular formula is C14H20Cl2N2O2Zr. The van der Waals surface area contributed by atoms with E-state index in [1.807, 2.05) is 6.92 Å². The van der Waals surface area contributed by atoms with Crippen molar-refractivity contribution in [3.05, 3.63) is 17.7 Å². The fourth-order valence-electron chi connectivity index (χ4n) is 2.26. The predicted molar refractivity (Wildman–Crippen MR) is 82.5 cm³/mol. The molecule has 0 saturated heterocycles. The Morgan fingerprint density at radius 2 is 1.86 bits per heavy atom. The van der Waals surface area contributed by atoms with E-state index in [4.69, 9.17) is 21.8 Å². The number of aryl methyl sites for hydroxylation is 1. The normalized spacial score (nSPS) is 15.4. The number of phenolic OH excluding ortho intramolecular Hbond substituents is 1. The molecule has 1 aliphatic rings. The predicted octanol–water partition coefficient (Wildman–Crippen LogP) is 5.50. The second-order valence-electron chi connectivity index (χ2n) is 4.89. The van der Waals surface area contributed by atoms with E-state index in [9.17, 15) is 5.11 Å². The molecule has 1 aromatic rings. The average Bonchev–Trinajstić information content (AvgIpc) is 2.50. The Balaban J connectivity index is 0.000000677. The number of hydrogen-bond acceptors (Lipinski definition) is 4. The second kappa shape index (κ2) is 10.6. The van der Waals surface area contributed by atoms with Gasteiger partial charge in [-0.25, -0.2) is 0 Å². The first-order valence-corrected chi connectivity index (χ1v) is 13.2. The fourth-order valence-corrected chi connectivity index (χ4v) is 2.26. The zero-order valence-corrected chi connectivity index (χ0v) is 16.2. The third-order valence-corrected chi connectivity index (χ3v) is 3.39. The average molecular weight is 410 g/mol. The van der Waals surface area contributed by atoms with E-state index in [0.29, 0.717) is 17.5 Å².